The third-order valence-corrected chi connectivity index (χ3v) is 3.47. The van der Waals surface area contributed by atoms with Crippen molar-refractivity contribution in [3.63, 3.8) is 0 Å². The molecule has 3 atom stereocenters. The van der Waals surface area contributed by atoms with E-state index >= 15 is 0 Å². The maximum Gasteiger partial charge on any atom is 0.251 e. The smallest absolute Gasteiger partial charge is 0.251 e. The van der Waals surface area contributed by atoms with Crippen LogP contribution in [-0.2, 0) is 9.53 Å². The fraction of sp³-hybridized carbons (Fsp3) is 0.909. The van der Waals surface area contributed by atoms with Crippen molar-refractivity contribution in [1.29, 1.82) is 0 Å². The van der Waals surface area contributed by atoms with Gasteiger partial charge < -0.3 is 15.0 Å². The molecular weight excluding hydrogens is 192 g/mol. The number of carbonyl (C=O) groups is 1. The Kier molecular flexibility index (Phi) is 3.26. The van der Waals surface area contributed by atoms with Gasteiger partial charge in [0.1, 0.15) is 6.10 Å². The lowest BCUT2D eigenvalue weighted by molar-refractivity contribution is -0.141. The van der Waals surface area contributed by atoms with Gasteiger partial charge in [0.25, 0.3) is 5.91 Å². The van der Waals surface area contributed by atoms with Gasteiger partial charge in [-0.05, 0) is 18.9 Å². The first-order valence-corrected chi connectivity index (χ1v) is 5.79. The Morgan fingerprint density at radius 3 is 2.87 bits per heavy atom. The average Bonchev–Trinajstić information content (AvgIpc) is 2.53. The molecule has 4 heteroatoms. The largest absolute Gasteiger partial charge is 0.363 e. The first-order chi connectivity index (χ1) is 7.18. The molecule has 1 amide bonds. The molecule has 2 aliphatic rings. The number of nitrogens with zero attached hydrogens (tertiary/aromatic N) is 1. The van der Waals surface area contributed by atoms with Gasteiger partial charge in [-0.25, -0.2) is 0 Å². The predicted molar refractivity (Wildman–Crippen MR) is 57.6 cm³/mol. The van der Waals surface area contributed by atoms with E-state index in [-0.39, 0.29) is 18.1 Å². The fourth-order valence-corrected chi connectivity index (χ4v) is 2.27. The van der Waals surface area contributed by atoms with Crippen LogP contribution in [0.5, 0.6) is 0 Å². The Bertz CT molecular complexity index is 245. The van der Waals surface area contributed by atoms with Crippen molar-refractivity contribution in [2.24, 2.45) is 5.92 Å². The van der Waals surface area contributed by atoms with Crippen molar-refractivity contribution in [2.75, 3.05) is 26.7 Å². The van der Waals surface area contributed by atoms with E-state index in [2.05, 4.69) is 12.2 Å². The molecule has 0 aliphatic carbocycles. The molecule has 0 aromatic rings. The second kappa shape index (κ2) is 4.49. The highest BCUT2D eigenvalue weighted by molar-refractivity contribution is 5.82. The molecule has 86 valence electrons. The Labute approximate surface area is 91.0 Å². The van der Waals surface area contributed by atoms with E-state index in [9.17, 15) is 4.79 Å². The topological polar surface area (TPSA) is 41.6 Å². The fourth-order valence-electron chi connectivity index (χ4n) is 2.27. The van der Waals surface area contributed by atoms with Crippen molar-refractivity contribution in [3.8, 4) is 0 Å². The zero-order chi connectivity index (χ0) is 10.8. The van der Waals surface area contributed by atoms with Crippen molar-refractivity contribution < 1.29 is 9.53 Å². The third-order valence-electron chi connectivity index (χ3n) is 3.47. The second-order valence-corrected chi connectivity index (χ2v) is 4.68. The minimum atomic E-state index is -0.192. The number of rotatable bonds is 2. The molecule has 2 saturated heterocycles. The van der Waals surface area contributed by atoms with Crippen molar-refractivity contribution in [2.45, 2.75) is 32.0 Å². The number of hydrogen-bond donors (Lipinski definition) is 1. The van der Waals surface area contributed by atoms with Gasteiger partial charge in [0.05, 0.1) is 6.10 Å². The molecule has 0 spiro atoms. The van der Waals surface area contributed by atoms with Crippen LogP contribution in [-0.4, -0.2) is 49.7 Å². The highest BCUT2D eigenvalue weighted by atomic mass is 16.5. The summed E-state index contributed by atoms with van der Waals surface area (Å²) in [6.07, 6.45) is 2.00. The molecule has 2 heterocycles. The van der Waals surface area contributed by atoms with Gasteiger partial charge in [0, 0.05) is 26.6 Å². The number of hydrogen-bond acceptors (Lipinski definition) is 3. The van der Waals surface area contributed by atoms with Gasteiger partial charge in [0.15, 0.2) is 0 Å². The highest BCUT2D eigenvalue weighted by Crippen LogP contribution is 2.21. The van der Waals surface area contributed by atoms with Crippen LogP contribution in [0.3, 0.4) is 0 Å². The van der Waals surface area contributed by atoms with E-state index in [0.717, 1.165) is 32.5 Å². The molecule has 15 heavy (non-hydrogen) atoms. The maximum absolute atomic E-state index is 11.7. The van der Waals surface area contributed by atoms with Crippen molar-refractivity contribution in [1.82, 2.24) is 10.2 Å². The van der Waals surface area contributed by atoms with Crippen LogP contribution in [0.25, 0.3) is 0 Å². The number of nitrogens with one attached hydrogen (secondary N) is 1. The van der Waals surface area contributed by atoms with Gasteiger partial charge in [-0.1, -0.05) is 6.92 Å². The summed E-state index contributed by atoms with van der Waals surface area (Å²) < 4.78 is 5.89. The highest BCUT2D eigenvalue weighted by Gasteiger charge is 2.34. The summed E-state index contributed by atoms with van der Waals surface area (Å²) in [6, 6.07) is 0. The Hall–Kier alpha value is -0.610. The minimum Gasteiger partial charge on any atom is -0.363 e. The Morgan fingerprint density at radius 1 is 1.47 bits per heavy atom. The van der Waals surface area contributed by atoms with Crippen LogP contribution in [0.1, 0.15) is 19.8 Å². The summed E-state index contributed by atoms with van der Waals surface area (Å²) >= 11 is 0. The molecule has 0 aromatic carbocycles. The number of ether oxygens (including phenoxy) is 1. The number of piperidine rings is 1. The van der Waals surface area contributed by atoms with E-state index in [4.69, 9.17) is 4.74 Å². The normalized spacial score (nSPS) is 37.3. The van der Waals surface area contributed by atoms with Crippen LogP contribution in [0, 0.1) is 5.92 Å². The summed E-state index contributed by atoms with van der Waals surface area (Å²) in [6.45, 7) is 4.99. The van der Waals surface area contributed by atoms with E-state index in [1.807, 2.05) is 7.05 Å². The van der Waals surface area contributed by atoms with Gasteiger partial charge >= 0.3 is 0 Å². The molecule has 1 N–H and O–H groups in total. The number of carbonyl (C=O) groups excluding carboxylic acids is 1. The second-order valence-electron chi connectivity index (χ2n) is 4.68. The lowest BCUT2D eigenvalue weighted by atomic mass is 9.97. The monoisotopic (exact) mass is 212 g/mol. The number of amides is 1. The summed E-state index contributed by atoms with van der Waals surface area (Å²) in [4.78, 5) is 13.4. The van der Waals surface area contributed by atoms with E-state index in [1.165, 1.54) is 0 Å². The summed E-state index contributed by atoms with van der Waals surface area (Å²) in [5.74, 6) is 0.706. The van der Waals surface area contributed by atoms with E-state index in [1.54, 1.807) is 4.90 Å². The van der Waals surface area contributed by atoms with Crippen molar-refractivity contribution in [3.05, 3.63) is 0 Å². The van der Waals surface area contributed by atoms with Crippen LogP contribution >= 0.6 is 0 Å². The molecule has 4 nitrogen and oxygen atoms in total. The molecule has 0 aromatic heterocycles. The van der Waals surface area contributed by atoms with Crippen LogP contribution in [0.2, 0.25) is 0 Å². The molecule has 3 unspecified atom stereocenters. The first kappa shape index (κ1) is 10.9. The number of likely N-dealkylation sites (tertiary alicyclic amines) is 1. The molecule has 0 bridgehead atoms. The third kappa shape index (κ3) is 2.32. The standard InChI is InChI=1S/C11H20N2O2/c1-8-3-5-12-7-10(8)15-9-4-6-13(2)11(9)14/h8-10,12H,3-7H2,1-2H3. The zero-order valence-corrected chi connectivity index (χ0v) is 9.53. The lowest BCUT2D eigenvalue weighted by Crippen LogP contribution is -2.44. The zero-order valence-electron chi connectivity index (χ0n) is 9.53. The summed E-state index contributed by atoms with van der Waals surface area (Å²) in [5, 5.41) is 3.32. The molecule has 0 radical (unpaired) electrons. The molecule has 2 aliphatic heterocycles. The predicted octanol–water partition coefficient (Wildman–Crippen LogP) is 0.232. The van der Waals surface area contributed by atoms with Gasteiger partial charge in [0.2, 0.25) is 0 Å². The Morgan fingerprint density at radius 2 is 2.27 bits per heavy atom. The first-order valence-electron chi connectivity index (χ1n) is 5.79. The van der Waals surface area contributed by atoms with E-state index < -0.39 is 0 Å². The number of likely N-dealkylation sites (N-methyl/N-ethyl adjacent to an activating group) is 1. The van der Waals surface area contributed by atoms with Gasteiger partial charge in [-0.3, -0.25) is 4.79 Å². The van der Waals surface area contributed by atoms with Gasteiger partial charge in [-0.15, -0.1) is 0 Å². The quantitative estimate of drug-likeness (QED) is 0.712. The van der Waals surface area contributed by atoms with Crippen molar-refractivity contribution >= 4 is 5.91 Å². The maximum atomic E-state index is 11.7. The van der Waals surface area contributed by atoms with Crippen LogP contribution in [0.4, 0.5) is 0 Å². The SMILES string of the molecule is CC1CCNCC1OC1CCN(C)C1=O. The van der Waals surface area contributed by atoms with E-state index in [0.29, 0.717) is 5.92 Å². The molecule has 2 rings (SSSR count). The molecular formula is C11H20N2O2. The van der Waals surface area contributed by atoms with Crippen LogP contribution < -0.4 is 5.32 Å². The minimum absolute atomic E-state index is 0.146. The summed E-state index contributed by atoms with van der Waals surface area (Å²) in [7, 11) is 1.84. The van der Waals surface area contributed by atoms with Gasteiger partial charge in [-0.2, -0.15) is 0 Å². The molecule has 2 fully saturated rings. The van der Waals surface area contributed by atoms with Crippen LogP contribution in [0.15, 0.2) is 0 Å². The average molecular weight is 212 g/mol. The Balaban J connectivity index is 1.88. The molecule has 0 saturated carbocycles. The lowest BCUT2D eigenvalue weighted by Gasteiger charge is -2.31. The summed E-state index contributed by atoms with van der Waals surface area (Å²) in [5.41, 5.74) is 0.